The molecule has 0 amide bonds. The molecule has 1 aliphatic rings. The number of oxime groups is 1. The maximum Gasteiger partial charge on any atom is 1.00 e. The van der Waals surface area contributed by atoms with E-state index in [1.807, 2.05) is 6.26 Å². The first-order valence-corrected chi connectivity index (χ1v) is 11.5. The monoisotopic (exact) mass is 473 g/mol. The van der Waals surface area contributed by atoms with Crippen molar-refractivity contribution in [3.05, 3.63) is 0 Å². The maximum atomic E-state index is 10.6. The van der Waals surface area contributed by atoms with Gasteiger partial charge >= 0.3 is 51.4 Å². The van der Waals surface area contributed by atoms with Crippen LogP contribution in [0.4, 0.5) is 0 Å². The minimum absolute atomic E-state index is 0. The summed E-state index contributed by atoms with van der Waals surface area (Å²) in [6.45, 7) is -0.589. The van der Waals surface area contributed by atoms with E-state index in [-0.39, 0.29) is 62.8 Å². The fourth-order valence-corrected chi connectivity index (χ4v) is 4.04. The molecule has 5 unspecified atom stereocenters. The van der Waals surface area contributed by atoms with Crippen molar-refractivity contribution in [3.8, 4) is 0 Å². The molecule has 0 aliphatic carbocycles. The van der Waals surface area contributed by atoms with Gasteiger partial charge in [-0.3, -0.25) is 4.28 Å². The van der Waals surface area contributed by atoms with Gasteiger partial charge in [0.15, 0.2) is 0 Å². The van der Waals surface area contributed by atoms with E-state index in [1.54, 1.807) is 11.8 Å². The summed E-state index contributed by atoms with van der Waals surface area (Å²) in [6, 6.07) is 0. The zero-order valence-electron chi connectivity index (χ0n) is 15.1. The summed E-state index contributed by atoms with van der Waals surface area (Å²) in [5.41, 5.74) is -1.13. The Balaban J connectivity index is 0.00000676. The summed E-state index contributed by atoms with van der Waals surface area (Å²) in [7, 11) is -5.03. The molecule has 0 spiro atoms. The smallest absolute Gasteiger partial charge is 0.714 e. The van der Waals surface area contributed by atoms with Gasteiger partial charge in [0.25, 0.3) is 10.4 Å². The van der Waals surface area contributed by atoms with Gasteiger partial charge in [-0.1, -0.05) is 23.3 Å². The van der Waals surface area contributed by atoms with Crippen molar-refractivity contribution in [3.63, 3.8) is 0 Å². The Morgan fingerprint density at radius 3 is 2.41 bits per heavy atom. The Labute approximate surface area is 209 Å². The maximum absolute atomic E-state index is 10.6. The Bertz CT molecular complexity index is 549. The van der Waals surface area contributed by atoms with Crippen molar-refractivity contribution >= 4 is 39.0 Å². The predicted molar refractivity (Wildman–Crippen MR) is 96.4 cm³/mol. The topological polar surface area (TPSA) is 169 Å². The molecule has 0 bridgehead atoms. The van der Waals surface area contributed by atoms with Gasteiger partial charge in [-0.25, -0.2) is 0 Å². The summed E-state index contributed by atoms with van der Waals surface area (Å²) >= 11 is 2.46. The molecule has 1 heterocycles. The van der Waals surface area contributed by atoms with E-state index >= 15 is 0 Å². The van der Waals surface area contributed by atoms with Crippen LogP contribution in [0.2, 0.25) is 0 Å². The molecule has 10 nitrogen and oxygen atoms in total. The molecule has 0 aromatic carbocycles. The molecule has 0 radical (unpaired) electrons. The van der Waals surface area contributed by atoms with Crippen molar-refractivity contribution in [2.75, 3.05) is 18.6 Å². The Morgan fingerprint density at radius 2 is 1.85 bits per heavy atom. The summed E-state index contributed by atoms with van der Waals surface area (Å²) in [4.78, 5) is 0. The average Bonchev–Trinajstić information content (AvgIpc) is 2.58. The van der Waals surface area contributed by atoms with Crippen LogP contribution in [0.25, 0.3) is 0 Å². The van der Waals surface area contributed by atoms with Gasteiger partial charge in [0.05, 0.1) is 6.61 Å². The van der Waals surface area contributed by atoms with Crippen LogP contribution in [0.5, 0.6) is 0 Å². The van der Waals surface area contributed by atoms with Gasteiger partial charge in [0.2, 0.25) is 0 Å². The third-order valence-corrected chi connectivity index (χ3v) is 5.70. The molecule has 14 heteroatoms. The molecule has 0 aromatic rings. The van der Waals surface area contributed by atoms with Gasteiger partial charge in [-0.05, 0) is 31.3 Å². The molecule has 5 atom stereocenters. The molecular formula is C13H24KNO9S3. The van der Waals surface area contributed by atoms with Crippen molar-refractivity contribution in [1.82, 2.24) is 0 Å². The van der Waals surface area contributed by atoms with E-state index < -0.39 is 46.9 Å². The molecule has 27 heavy (non-hydrogen) atoms. The van der Waals surface area contributed by atoms with Gasteiger partial charge in [-0.15, -0.1) is 0 Å². The summed E-state index contributed by atoms with van der Waals surface area (Å²) in [6.07, 6.45) is -1.02. The van der Waals surface area contributed by atoms with Crippen LogP contribution in [-0.4, -0.2) is 86.9 Å². The third-order valence-electron chi connectivity index (χ3n) is 3.57. The number of hydrogen-bond acceptors (Lipinski definition) is 12. The second-order valence-corrected chi connectivity index (χ2v) is 8.71. The number of ether oxygens (including phenoxy) is 1. The molecule has 1 fully saturated rings. The van der Waals surface area contributed by atoms with Crippen LogP contribution in [0.3, 0.4) is 0 Å². The number of rotatable bonds is 10. The fraction of sp³-hybridized carbons (Fsp3) is 0.923. The molecule has 1 aliphatic heterocycles. The van der Waals surface area contributed by atoms with E-state index in [0.29, 0.717) is 6.42 Å². The van der Waals surface area contributed by atoms with Gasteiger partial charge < -0.3 is 29.7 Å². The van der Waals surface area contributed by atoms with E-state index in [9.17, 15) is 33.4 Å². The van der Waals surface area contributed by atoms with Crippen molar-refractivity contribution in [1.29, 1.82) is 0 Å². The van der Waals surface area contributed by atoms with E-state index in [2.05, 4.69) is 9.44 Å². The summed E-state index contributed by atoms with van der Waals surface area (Å²) in [5, 5.41) is 42.2. The largest absolute Gasteiger partial charge is 1.00 e. The molecule has 0 aromatic heterocycles. The average molecular weight is 474 g/mol. The first-order chi connectivity index (χ1) is 12.2. The van der Waals surface area contributed by atoms with Crippen molar-refractivity contribution < 1.29 is 93.8 Å². The van der Waals surface area contributed by atoms with Crippen molar-refractivity contribution in [2.24, 2.45) is 5.16 Å². The van der Waals surface area contributed by atoms with E-state index in [1.165, 1.54) is 0 Å². The summed E-state index contributed by atoms with van der Waals surface area (Å²) < 4.78 is 41.1. The van der Waals surface area contributed by atoms with Crippen LogP contribution < -0.4 is 51.4 Å². The van der Waals surface area contributed by atoms with Crippen LogP contribution in [0.1, 0.15) is 25.7 Å². The minimum Gasteiger partial charge on any atom is -0.714 e. The minimum atomic E-state index is -5.03. The second-order valence-electron chi connectivity index (χ2n) is 5.59. The number of aliphatic hydroxyl groups is 4. The van der Waals surface area contributed by atoms with Crippen molar-refractivity contribution in [2.45, 2.75) is 55.5 Å². The third kappa shape index (κ3) is 10.9. The van der Waals surface area contributed by atoms with E-state index in [4.69, 9.17) is 4.74 Å². The molecule has 4 N–H and O–H groups in total. The van der Waals surface area contributed by atoms with Crippen LogP contribution in [0.15, 0.2) is 5.16 Å². The number of thioether (sulfide) groups is 2. The Morgan fingerprint density at radius 1 is 1.19 bits per heavy atom. The molecule has 1 saturated heterocycles. The number of aliphatic hydroxyl groups excluding tert-OH is 4. The Kier molecular flexibility index (Phi) is 15.3. The fourth-order valence-electron chi connectivity index (χ4n) is 2.21. The quantitative estimate of drug-likeness (QED) is 0.0467. The zero-order chi connectivity index (χ0) is 19.7. The summed E-state index contributed by atoms with van der Waals surface area (Å²) in [5.74, 6) is 0.970. The number of hydrogen-bond donors (Lipinski definition) is 4. The Hall–Kier alpha value is 1.52. The molecule has 1 rings (SSSR count). The van der Waals surface area contributed by atoms with Gasteiger partial charge in [-0.2, -0.15) is 20.2 Å². The number of unbranched alkanes of at least 4 members (excludes halogenated alkanes) is 2. The second kappa shape index (κ2) is 14.5. The van der Waals surface area contributed by atoms with Crippen LogP contribution in [0, 0.1) is 0 Å². The van der Waals surface area contributed by atoms with Gasteiger partial charge in [0.1, 0.15) is 34.9 Å². The molecular weight excluding hydrogens is 449 g/mol. The molecule has 0 saturated carbocycles. The first-order valence-electron chi connectivity index (χ1n) is 7.87. The first kappa shape index (κ1) is 28.5. The zero-order valence-corrected chi connectivity index (χ0v) is 20.7. The molecule has 154 valence electrons. The van der Waals surface area contributed by atoms with Gasteiger partial charge in [0, 0.05) is 0 Å². The standard InChI is InChI=1S/C13H25NO9S3.K/c1-24-6-4-2-3-5-9(14-23-26(19,20)21)25-13-12(18)11(17)10(16)8(7-15)22-13;/h8,10-13,15-18H,2-7H2,1H3,(H,19,20,21);/q;+1/p-1. The van der Waals surface area contributed by atoms with Crippen LogP contribution >= 0.6 is 23.5 Å². The van der Waals surface area contributed by atoms with Crippen LogP contribution in [-0.2, 0) is 19.4 Å². The number of nitrogens with zero attached hydrogens (tertiary/aromatic N) is 1. The predicted octanol–water partition coefficient (Wildman–Crippen LogP) is -3.76. The SMILES string of the molecule is CSCCCCCC(=NOS(=O)(=O)[O-])SC1OC(CO)C(O)C(O)C1O.[K+]. The van der Waals surface area contributed by atoms with E-state index in [0.717, 1.165) is 30.4 Å². The normalized spacial score (nSPS) is 29.3.